The van der Waals surface area contributed by atoms with Gasteiger partial charge in [0.2, 0.25) is 0 Å². The molecule has 0 atom stereocenters. The van der Waals surface area contributed by atoms with Crippen molar-refractivity contribution in [1.82, 2.24) is 24.1 Å². The van der Waals surface area contributed by atoms with Crippen molar-refractivity contribution in [2.45, 2.75) is 20.5 Å². The standard InChI is InChI=1S/C24H21FN6O2/c1-15-16(2)31(19-10-8-18(25)9-11-19)23-22(15)24-28-21(29-30(24)14-26-23)13-33-27-12-17-6-4-5-7-20(17)32-3/h4-12,14H,13H2,1-3H3/b27-12-. The zero-order valence-electron chi connectivity index (χ0n) is 18.4. The summed E-state index contributed by atoms with van der Waals surface area (Å²) in [4.78, 5) is 14.7. The van der Waals surface area contributed by atoms with Crippen LogP contribution in [0.4, 0.5) is 4.39 Å². The quantitative estimate of drug-likeness (QED) is 0.287. The van der Waals surface area contributed by atoms with Crippen LogP contribution in [-0.4, -0.2) is 37.5 Å². The lowest BCUT2D eigenvalue weighted by Gasteiger charge is -2.07. The van der Waals surface area contributed by atoms with Crippen molar-refractivity contribution in [2.24, 2.45) is 5.16 Å². The van der Waals surface area contributed by atoms with Gasteiger partial charge in [-0.3, -0.25) is 4.57 Å². The largest absolute Gasteiger partial charge is 0.496 e. The van der Waals surface area contributed by atoms with E-state index in [0.29, 0.717) is 17.2 Å². The van der Waals surface area contributed by atoms with Gasteiger partial charge in [-0.25, -0.2) is 18.9 Å². The Hall–Kier alpha value is -4.27. The van der Waals surface area contributed by atoms with Gasteiger partial charge in [-0.1, -0.05) is 17.3 Å². The second-order valence-corrected chi connectivity index (χ2v) is 7.51. The minimum absolute atomic E-state index is 0.103. The third-order valence-electron chi connectivity index (χ3n) is 5.56. The fourth-order valence-corrected chi connectivity index (χ4v) is 3.83. The number of hydrogen-bond donors (Lipinski definition) is 0. The average molecular weight is 444 g/mol. The first kappa shape index (κ1) is 20.6. The molecule has 0 radical (unpaired) electrons. The summed E-state index contributed by atoms with van der Waals surface area (Å²) in [5.74, 6) is 0.907. The second-order valence-electron chi connectivity index (χ2n) is 7.51. The van der Waals surface area contributed by atoms with E-state index in [-0.39, 0.29) is 12.4 Å². The van der Waals surface area contributed by atoms with Crippen molar-refractivity contribution in [3.05, 3.63) is 83.3 Å². The van der Waals surface area contributed by atoms with E-state index in [9.17, 15) is 4.39 Å². The van der Waals surface area contributed by atoms with Crippen LogP contribution < -0.4 is 4.74 Å². The topological polar surface area (TPSA) is 78.8 Å². The number of oxime groups is 1. The Balaban J connectivity index is 1.46. The van der Waals surface area contributed by atoms with Crippen LogP contribution in [0.2, 0.25) is 0 Å². The van der Waals surface area contributed by atoms with Crippen molar-refractivity contribution >= 4 is 22.9 Å². The second kappa shape index (κ2) is 8.34. The van der Waals surface area contributed by atoms with E-state index in [1.807, 2.05) is 42.7 Å². The lowest BCUT2D eigenvalue weighted by Crippen LogP contribution is -1.99. The third-order valence-corrected chi connectivity index (χ3v) is 5.56. The summed E-state index contributed by atoms with van der Waals surface area (Å²) in [7, 11) is 1.61. The predicted octanol–water partition coefficient (Wildman–Crippen LogP) is 4.38. The van der Waals surface area contributed by atoms with E-state index in [0.717, 1.165) is 33.5 Å². The number of para-hydroxylation sites is 1. The fraction of sp³-hybridized carbons (Fsp3) is 0.167. The normalized spacial score (nSPS) is 11.6. The van der Waals surface area contributed by atoms with Crippen molar-refractivity contribution in [2.75, 3.05) is 7.11 Å². The van der Waals surface area contributed by atoms with Crippen LogP contribution in [0.1, 0.15) is 22.6 Å². The van der Waals surface area contributed by atoms with Gasteiger partial charge in [0, 0.05) is 16.9 Å². The first-order chi connectivity index (χ1) is 16.1. The predicted molar refractivity (Wildman–Crippen MR) is 122 cm³/mol. The Kier molecular flexibility index (Phi) is 5.21. The number of rotatable bonds is 6. The Morgan fingerprint density at radius 1 is 1.06 bits per heavy atom. The van der Waals surface area contributed by atoms with Gasteiger partial charge in [0.1, 0.15) is 17.9 Å². The van der Waals surface area contributed by atoms with Gasteiger partial charge in [0.25, 0.3) is 0 Å². The summed E-state index contributed by atoms with van der Waals surface area (Å²) in [6, 6.07) is 13.9. The molecule has 0 N–H and O–H groups in total. The van der Waals surface area contributed by atoms with Gasteiger partial charge in [-0.15, -0.1) is 5.10 Å². The molecular formula is C24H21FN6O2. The van der Waals surface area contributed by atoms with E-state index in [1.165, 1.54) is 12.1 Å². The molecule has 0 bridgehead atoms. The van der Waals surface area contributed by atoms with Gasteiger partial charge in [-0.05, 0) is 55.8 Å². The molecule has 0 fully saturated rings. The lowest BCUT2D eigenvalue weighted by atomic mass is 10.2. The number of benzene rings is 2. The summed E-state index contributed by atoms with van der Waals surface area (Å²) in [5, 5.41) is 9.37. The molecular weight excluding hydrogens is 423 g/mol. The number of ether oxygens (including phenoxy) is 1. The highest BCUT2D eigenvalue weighted by atomic mass is 19.1. The van der Waals surface area contributed by atoms with Crippen LogP contribution in [0.25, 0.3) is 22.4 Å². The highest BCUT2D eigenvalue weighted by Crippen LogP contribution is 2.29. The minimum atomic E-state index is -0.282. The van der Waals surface area contributed by atoms with Gasteiger partial charge >= 0.3 is 0 Å². The Morgan fingerprint density at radius 3 is 2.64 bits per heavy atom. The number of halogens is 1. The van der Waals surface area contributed by atoms with E-state index >= 15 is 0 Å². The van der Waals surface area contributed by atoms with Crippen molar-refractivity contribution in [1.29, 1.82) is 0 Å². The Labute approximate surface area is 188 Å². The number of aryl methyl sites for hydroxylation is 1. The molecule has 3 heterocycles. The number of fused-ring (bicyclic) bond motifs is 3. The molecule has 0 aliphatic rings. The molecule has 9 heteroatoms. The van der Waals surface area contributed by atoms with Crippen molar-refractivity contribution in [3.63, 3.8) is 0 Å². The lowest BCUT2D eigenvalue weighted by molar-refractivity contribution is 0.126. The van der Waals surface area contributed by atoms with Crippen LogP contribution in [0.15, 0.2) is 60.0 Å². The molecule has 0 aliphatic carbocycles. The van der Waals surface area contributed by atoms with E-state index < -0.39 is 0 Å². The number of methoxy groups -OCH3 is 1. The smallest absolute Gasteiger partial charge is 0.192 e. The van der Waals surface area contributed by atoms with Crippen LogP contribution in [0.3, 0.4) is 0 Å². The Morgan fingerprint density at radius 2 is 1.85 bits per heavy atom. The van der Waals surface area contributed by atoms with E-state index in [2.05, 4.69) is 20.2 Å². The van der Waals surface area contributed by atoms with Crippen LogP contribution in [-0.2, 0) is 11.4 Å². The van der Waals surface area contributed by atoms with Gasteiger partial charge in [-0.2, -0.15) is 0 Å². The maximum atomic E-state index is 13.4. The van der Waals surface area contributed by atoms with Crippen LogP contribution >= 0.6 is 0 Å². The SMILES string of the molecule is COc1ccccc1/C=N\OCc1nc2c3c(C)c(C)n(-c4ccc(F)cc4)c3ncn2n1. The molecule has 33 heavy (non-hydrogen) atoms. The highest BCUT2D eigenvalue weighted by Gasteiger charge is 2.19. The monoisotopic (exact) mass is 444 g/mol. The maximum Gasteiger partial charge on any atom is 0.192 e. The summed E-state index contributed by atoms with van der Waals surface area (Å²) >= 11 is 0. The zero-order valence-corrected chi connectivity index (χ0v) is 18.4. The number of hydrogen-bond acceptors (Lipinski definition) is 6. The van der Waals surface area contributed by atoms with Gasteiger partial charge < -0.3 is 9.57 Å². The summed E-state index contributed by atoms with van der Waals surface area (Å²) < 4.78 is 22.3. The Bertz CT molecular complexity index is 1490. The highest BCUT2D eigenvalue weighted by molar-refractivity contribution is 5.95. The molecule has 166 valence electrons. The molecule has 8 nitrogen and oxygen atoms in total. The van der Waals surface area contributed by atoms with Crippen molar-refractivity contribution in [3.8, 4) is 11.4 Å². The molecule has 5 aromatic rings. The molecule has 2 aromatic carbocycles. The van der Waals surface area contributed by atoms with Gasteiger partial charge in [0.15, 0.2) is 23.7 Å². The molecule has 0 saturated carbocycles. The summed E-state index contributed by atoms with van der Waals surface area (Å²) in [6.07, 6.45) is 3.20. The van der Waals surface area contributed by atoms with Crippen LogP contribution in [0, 0.1) is 19.7 Å². The van der Waals surface area contributed by atoms with E-state index in [1.54, 1.807) is 36.3 Å². The van der Waals surface area contributed by atoms with Crippen LogP contribution in [0.5, 0.6) is 5.75 Å². The summed E-state index contributed by atoms with van der Waals surface area (Å²) in [5.41, 5.74) is 5.08. The van der Waals surface area contributed by atoms with E-state index in [4.69, 9.17) is 9.57 Å². The first-order valence-electron chi connectivity index (χ1n) is 10.3. The zero-order chi connectivity index (χ0) is 22.9. The molecule has 3 aromatic heterocycles. The van der Waals surface area contributed by atoms with Gasteiger partial charge in [0.05, 0.1) is 18.7 Å². The molecule has 0 saturated heterocycles. The molecule has 0 amide bonds. The molecule has 0 spiro atoms. The molecule has 0 unspecified atom stereocenters. The average Bonchev–Trinajstić information content (AvgIpc) is 3.36. The molecule has 5 rings (SSSR count). The summed E-state index contributed by atoms with van der Waals surface area (Å²) in [6.45, 7) is 4.12. The maximum absolute atomic E-state index is 13.4. The first-order valence-corrected chi connectivity index (χ1v) is 10.3. The third kappa shape index (κ3) is 3.67. The molecule has 0 aliphatic heterocycles. The number of aromatic nitrogens is 5. The fourth-order valence-electron chi connectivity index (χ4n) is 3.83. The van der Waals surface area contributed by atoms with Crippen molar-refractivity contribution < 1.29 is 14.0 Å². The number of nitrogens with zero attached hydrogens (tertiary/aromatic N) is 6. The minimum Gasteiger partial charge on any atom is -0.496 e.